The first-order chi connectivity index (χ1) is 6.76. The lowest BCUT2D eigenvalue weighted by Gasteiger charge is -2.27. The highest BCUT2D eigenvalue weighted by Crippen LogP contribution is 2.11. The Labute approximate surface area is 93.1 Å². The van der Waals surface area contributed by atoms with Crippen LogP contribution in [-0.2, 0) is 4.74 Å². The number of ether oxygens (including phenoxy) is 1. The first-order valence-corrected chi connectivity index (χ1v) is 5.38. The van der Waals surface area contributed by atoms with E-state index in [0.29, 0.717) is 13.1 Å². The van der Waals surface area contributed by atoms with Crippen LogP contribution < -0.4 is 0 Å². The molecule has 0 heterocycles. The molecule has 0 aromatic heterocycles. The number of carbonyl (C=O) groups excluding carboxylic acids is 1. The highest BCUT2D eigenvalue weighted by atomic mass is 16.6. The van der Waals surface area contributed by atoms with Gasteiger partial charge in [0.1, 0.15) is 5.60 Å². The van der Waals surface area contributed by atoms with Crippen molar-refractivity contribution in [3.8, 4) is 0 Å². The molecule has 15 heavy (non-hydrogen) atoms. The summed E-state index contributed by atoms with van der Waals surface area (Å²) in [6, 6.07) is 0. The topological polar surface area (TPSA) is 29.5 Å². The summed E-state index contributed by atoms with van der Waals surface area (Å²) in [5.74, 6) is 0. The number of amides is 1. The lowest BCUT2D eigenvalue weighted by atomic mass is 10.2. The van der Waals surface area contributed by atoms with Crippen LogP contribution in [0.4, 0.5) is 4.79 Å². The van der Waals surface area contributed by atoms with Gasteiger partial charge in [-0.15, -0.1) is 0 Å². The van der Waals surface area contributed by atoms with E-state index in [4.69, 9.17) is 4.74 Å². The number of nitrogens with zero attached hydrogens (tertiary/aromatic N) is 1. The zero-order chi connectivity index (χ0) is 12.1. The molecule has 3 heteroatoms. The van der Waals surface area contributed by atoms with Crippen molar-refractivity contribution in [1.82, 2.24) is 4.90 Å². The molecule has 1 amide bonds. The summed E-state index contributed by atoms with van der Waals surface area (Å²) in [5, 5.41) is 0. The van der Waals surface area contributed by atoms with Gasteiger partial charge in [0.05, 0.1) is 0 Å². The van der Waals surface area contributed by atoms with Gasteiger partial charge < -0.3 is 9.64 Å². The second-order valence-electron chi connectivity index (χ2n) is 4.86. The van der Waals surface area contributed by atoms with Gasteiger partial charge in [0.2, 0.25) is 0 Å². The maximum absolute atomic E-state index is 11.7. The molecule has 88 valence electrons. The van der Waals surface area contributed by atoms with Crippen molar-refractivity contribution in [3.63, 3.8) is 0 Å². The molecule has 0 saturated heterocycles. The minimum Gasteiger partial charge on any atom is -0.444 e. The molecule has 0 unspecified atom stereocenters. The average Bonchev–Trinajstić information content (AvgIpc) is 1.99. The van der Waals surface area contributed by atoms with Gasteiger partial charge in [0.15, 0.2) is 0 Å². The Bertz CT molecular complexity index is 228. The molecule has 0 rings (SSSR count). The van der Waals surface area contributed by atoms with E-state index in [9.17, 15) is 4.79 Å². The van der Waals surface area contributed by atoms with Crippen LogP contribution in [-0.4, -0.2) is 29.7 Å². The average molecular weight is 213 g/mol. The molecule has 0 bridgehead atoms. The quantitative estimate of drug-likeness (QED) is 0.671. The summed E-state index contributed by atoms with van der Waals surface area (Å²) in [6.07, 6.45) is 0.666. The molecule has 0 spiro atoms. The third-order valence-electron chi connectivity index (χ3n) is 1.61. The molecule has 0 aliphatic heterocycles. The Morgan fingerprint density at radius 1 is 1.40 bits per heavy atom. The lowest BCUT2D eigenvalue weighted by molar-refractivity contribution is 0.0267. The zero-order valence-corrected chi connectivity index (χ0v) is 10.6. The van der Waals surface area contributed by atoms with Crippen molar-refractivity contribution in [1.29, 1.82) is 0 Å². The maximum Gasteiger partial charge on any atom is 0.410 e. The van der Waals surface area contributed by atoms with Crippen molar-refractivity contribution in [3.05, 3.63) is 12.2 Å². The van der Waals surface area contributed by atoms with Gasteiger partial charge in [-0.3, -0.25) is 0 Å². The van der Waals surface area contributed by atoms with E-state index in [1.54, 1.807) is 4.90 Å². The van der Waals surface area contributed by atoms with Gasteiger partial charge in [0, 0.05) is 13.1 Å². The van der Waals surface area contributed by atoms with E-state index in [-0.39, 0.29) is 6.09 Å². The van der Waals surface area contributed by atoms with Gasteiger partial charge in [-0.2, -0.15) is 0 Å². The summed E-state index contributed by atoms with van der Waals surface area (Å²) in [5.41, 5.74) is 0.535. The van der Waals surface area contributed by atoms with E-state index in [0.717, 1.165) is 12.0 Å². The fourth-order valence-corrected chi connectivity index (χ4v) is 1.16. The summed E-state index contributed by atoms with van der Waals surface area (Å²) in [7, 11) is 0. The van der Waals surface area contributed by atoms with Crippen molar-refractivity contribution in [2.75, 3.05) is 13.1 Å². The van der Waals surface area contributed by atoms with E-state index >= 15 is 0 Å². The minimum atomic E-state index is -0.432. The highest BCUT2D eigenvalue weighted by molar-refractivity contribution is 5.68. The highest BCUT2D eigenvalue weighted by Gasteiger charge is 2.21. The molecule has 0 N–H and O–H groups in total. The predicted molar refractivity (Wildman–Crippen MR) is 62.9 cm³/mol. The second kappa shape index (κ2) is 5.79. The van der Waals surface area contributed by atoms with Gasteiger partial charge in [-0.25, -0.2) is 4.79 Å². The normalized spacial score (nSPS) is 11.0. The van der Waals surface area contributed by atoms with Gasteiger partial charge in [-0.05, 0) is 34.1 Å². The number of carbonyl (C=O) groups is 1. The third kappa shape index (κ3) is 7.00. The van der Waals surface area contributed by atoms with Crippen LogP contribution in [0.1, 0.15) is 41.0 Å². The fraction of sp³-hybridized carbons (Fsp3) is 0.750. The second-order valence-corrected chi connectivity index (χ2v) is 4.86. The first kappa shape index (κ1) is 14.0. The van der Waals surface area contributed by atoms with Crippen LogP contribution in [0.15, 0.2) is 12.2 Å². The van der Waals surface area contributed by atoms with E-state index in [1.165, 1.54) is 0 Å². The smallest absolute Gasteiger partial charge is 0.410 e. The maximum atomic E-state index is 11.7. The Hall–Kier alpha value is -0.990. The molecule has 0 fully saturated rings. The molecule has 0 aliphatic carbocycles. The molecule has 0 atom stereocenters. The van der Waals surface area contributed by atoms with E-state index < -0.39 is 5.60 Å². The Morgan fingerprint density at radius 2 is 1.93 bits per heavy atom. The largest absolute Gasteiger partial charge is 0.444 e. The Kier molecular flexibility index (Phi) is 5.40. The summed E-state index contributed by atoms with van der Waals surface area (Å²) >= 11 is 0. The Balaban J connectivity index is 4.35. The van der Waals surface area contributed by atoms with Crippen LogP contribution in [0.5, 0.6) is 0 Å². The molecule has 3 nitrogen and oxygen atoms in total. The molecule has 0 aromatic rings. The van der Waals surface area contributed by atoms with Crippen LogP contribution in [0.25, 0.3) is 0 Å². The van der Waals surface area contributed by atoms with Crippen molar-refractivity contribution < 1.29 is 9.53 Å². The van der Waals surface area contributed by atoms with Crippen molar-refractivity contribution in [2.24, 2.45) is 0 Å². The van der Waals surface area contributed by atoms with Gasteiger partial charge in [0.25, 0.3) is 0 Å². The molecule has 0 aromatic carbocycles. The molecular weight excluding hydrogens is 190 g/mol. The van der Waals surface area contributed by atoms with Crippen LogP contribution >= 0.6 is 0 Å². The minimum absolute atomic E-state index is 0.257. The predicted octanol–water partition coefficient (Wildman–Crippen LogP) is 3.21. The molecule has 0 radical (unpaired) electrons. The monoisotopic (exact) mass is 213 g/mol. The van der Waals surface area contributed by atoms with E-state index in [1.807, 2.05) is 34.6 Å². The number of hydrogen-bond acceptors (Lipinski definition) is 2. The lowest BCUT2D eigenvalue weighted by Crippen LogP contribution is -2.38. The standard InChI is InChI=1S/C12H23NO2/c1-7-8-13(9-10(2)3)11(14)15-12(4,5)6/h2,7-9H2,1,3-6H3. The molecule has 0 saturated carbocycles. The van der Waals surface area contributed by atoms with Crippen molar-refractivity contribution >= 4 is 6.09 Å². The third-order valence-corrected chi connectivity index (χ3v) is 1.61. The van der Waals surface area contributed by atoms with Crippen LogP contribution in [0.3, 0.4) is 0 Å². The SMILES string of the molecule is C=C(C)CN(CCC)C(=O)OC(C)(C)C. The summed E-state index contributed by atoms with van der Waals surface area (Å²) in [6.45, 7) is 14.6. The van der Waals surface area contributed by atoms with Crippen LogP contribution in [0.2, 0.25) is 0 Å². The summed E-state index contributed by atoms with van der Waals surface area (Å²) in [4.78, 5) is 13.4. The molecule has 0 aliphatic rings. The van der Waals surface area contributed by atoms with Crippen LogP contribution in [0, 0.1) is 0 Å². The number of hydrogen-bond donors (Lipinski definition) is 0. The van der Waals surface area contributed by atoms with Gasteiger partial charge >= 0.3 is 6.09 Å². The van der Waals surface area contributed by atoms with Gasteiger partial charge in [-0.1, -0.05) is 19.1 Å². The Morgan fingerprint density at radius 3 is 2.27 bits per heavy atom. The first-order valence-electron chi connectivity index (χ1n) is 5.38. The number of rotatable bonds is 4. The van der Waals surface area contributed by atoms with Crippen molar-refractivity contribution in [2.45, 2.75) is 46.6 Å². The summed E-state index contributed by atoms with van der Waals surface area (Å²) < 4.78 is 5.30. The molecular formula is C12H23NO2. The van der Waals surface area contributed by atoms with E-state index in [2.05, 4.69) is 6.58 Å². The fourth-order valence-electron chi connectivity index (χ4n) is 1.16. The zero-order valence-electron chi connectivity index (χ0n) is 10.6.